The summed E-state index contributed by atoms with van der Waals surface area (Å²) in [5.41, 5.74) is 0.542. The largest absolute Gasteiger partial charge is 0.461 e. The van der Waals surface area contributed by atoms with Crippen molar-refractivity contribution in [2.75, 3.05) is 0 Å². The van der Waals surface area contributed by atoms with Crippen molar-refractivity contribution in [2.45, 2.75) is 133 Å². The van der Waals surface area contributed by atoms with Gasteiger partial charge in [0.2, 0.25) is 0 Å². The van der Waals surface area contributed by atoms with Gasteiger partial charge in [-0.2, -0.15) is 0 Å². The maximum Gasteiger partial charge on any atom is 0.306 e. The van der Waals surface area contributed by atoms with Crippen LogP contribution in [0.15, 0.2) is 11.6 Å². The van der Waals surface area contributed by atoms with Crippen LogP contribution in [-0.2, 0) is 19.1 Å². The molecule has 5 rings (SSSR count). The minimum Gasteiger partial charge on any atom is -0.461 e. The van der Waals surface area contributed by atoms with Crippen LogP contribution in [-0.4, -0.2) is 23.6 Å². The van der Waals surface area contributed by atoms with E-state index in [0.717, 1.165) is 32.1 Å². The number of hydrogen-bond acceptors (Lipinski definition) is 4. The van der Waals surface area contributed by atoms with E-state index in [-0.39, 0.29) is 45.2 Å². The van der Waals surface area contributed by atoms with Gasteiger partial charge in [-0.05, 0) is 123 Å². The van der Waals surface area contributed by atoms with Gasteiger partial charge in [0, 0.05) is 12.3 Å². The van der Waals surface area contributed by atoms with Crippen molar-refractivity contribution in [3.8, 4) is 0 Å². The third-order valence-electron chi connectivity index (χ3n) is 14.2. The highest BCUT2D eigenvalue weighted by atomic mass is 16.5. The van der Waals surface area contributed by atoms with Crippen molar-refractivity contribution in [1.82, 2.24) is 0 Å². The lowest BCUT2D eigenvalue weighted by atomic mass is 9.33. The summed E-state index contributed by atoms with van der Waals surface area (Å²) in [4.78, 5) is 40.6. The molecule has 0 aliphatic heterocycles. The molecule has 0 radical (unpaired) electrons. The van der Waals surface area contributed by atoms with Gasteiger partial charge in [-0.3, -0.25) is 14.4 Å². The lowest BCUT2D eigenvalue weighted by Crippen LogP contribution is -2.68. The highest BCUT2D eigenvalue weighted by molar-refractivity contribution is 5.96. The molecule has 0 aromatic carbocycles. The second kappa shape index (κ2) is 9.28. The summed E-state index contributed by atoms with van der Waals surface area (Å²) in [6, 6.07) is 0. The Morgan fingerprint density at radius 1 is 0.949 bits per heavy atom. The van der Waals surface area contributed by atoms with Crippen molar-refractivity contribution in [2.24, 2.45) is 56.7 Å². The summed E-state index contributed by atoms with van der Waals surface area (Å²) in [6.07, 6.45) is 11.1. The molecule has 218 valence electrons. The molecule has 4 nitrogen and oxygen atoms in total. The second-order valence-electron chi connectivity index (χ2n) is 15.9. The maximum atomic E-state index is 14.5. The van der Waals surface area contributed by atoms with E-state index in [0.29, 0.717) is 36.4 Å². The Hall–Kier alpha value is -1.45. The predicted octanol–water partition coefficient (Wildman–Crippen LogP) is 8.12. The summed E-state index contributed by atoms with van der Waals surface area (Å²) < 4.78 is 6.03. The van der Waals surface area contributed by atoms with E-state index in [2.05, 4.69) is 47.6 Å². The van der Waals surface area contributed by atoms with Crippen LogP contribution in [0.1, 0.15) is 127 Å². The van der Waals surface area contributed by atoms with Crippen molar-refractivity contribution in [3.05, 3.63) is 11.6 Å². The molecule has 0 bridgehead atoms. The van der Waals surface area contributed by atoms with Crippen LogP contribution < -0.4 is 0 Å². The summed E-state index contributed by atoms with van der Waals surface area (Å²) in [6.45, 7) is 20.3. The quantitative estimate of drug-likeness (QED) is 0.339. The highest BCUT2D eigenvalue weighted by Crippen LogP contribution is 2.75. The van der Waals surface area contributed by atoms with Crippen molar-refractivity contribution in [1.29, 1.82) is 0 Å². The molecule has 11 atom stereocenters. The number of esters is 1. The van der Waals surface area contributed by atoms with Gasteiger partial charge >= 0.3 is 5.97 Å². The maximum absolute atomic E-state index is 14.5. The molecule has 4 heteroatoms. The highest BCUT2D eigenvalue weighted by Gasteiger charge is 2.71. The first-order chi connectivity index (χ1) is 18.1. The van der Waals surface area contributed by atoms with E-state index in [1.165, 1.54) is 24.8 Å². The van der Waals surface area contributed by atoms with Gasteiger partial charge in [-0.25, -0.2) is 0 Å². The van der Waals surface area contributed by atoms with E-state index in [4.69, 9.17) is 4.74 Å². The average molecular weight is 539 g/mol. The number of hydrogen-bond donors (Lipinski definition) is 0. The first kappa shape index (κ1) is 29.1. The fourth-order valence-electron chi connectivity index (χ4n) is 11.4. The second-order valence-corrected chi connectivity index (χ2v) is 15.9. The van der Waals surface area contributed by atoms with E-state index < -0.39 is 11.5 Å². The molecule has 0 aromatic rings. The monoisotopic (exact) mass is 538 g/mol. The van der Waals surface area contributed by atoms with Gasteiger partial charge in [0.05, 0.1) is 5.41 Å². The number of Topliss-reactive ketones (excluding diaryl/α,β-unsaturated/α-hetero) is 1. The first-order valence-corrected chi connectivity index (χ1v) is 16.1. The molecule has 0 spiro atoms. The van der Waals surface area contributed by atoms with Crippen LogP contribution in [0.5, 0.6) is 0 Å². The zero-order chi connectivity index (χ0) is 28.8. The summed E-state index contributed by atoms with van der Waals surface area (Å²) in [5, 5.41) is 0. The third-order valence-corrected chi connectivity index (χ3v) is 14.2. The number of carbonyl (C=O) groups excluding carboxylic acids is 3. The molecule has 0 heterocycles. The Morgan fingerprint density at radius 3 is 2.28 bits per heavy atom. The fraction of sp³-hybridized carbons (Fsp3) is 0.857. The van der Waals surface area contributed by atoms with Gasteiger partial charge in [0.1, 0.15) is 11.9 Å². The predicted molar refractivity (Wildman–Crippen MR) is 155 cm³/mol. The van der Waals surface area contributed by atoms with Crippen molar-refractivity contribution < 1.29 is 19.1 Å². The van der Waals surface area contributed by atoms with Crippen LogP contribution in [0.25, 0.3) is 0 Å². The SMILES string of the molecule is CCCC(=O)O[C@@H]1CC[C@@]2(C)C(CC[C@]3(C)C2C(=O)C=C2C4[C@@H](C)[C@H](C)CC[C@]4(C)CC[C@]23C)[C@@]1(C)C(C)=O. The molecular formula is C35H54O4. The topological polar surface area (TPSA) is 60.4 Å². The molecule has 0 N–H and O–H groups in total. The number of fused-ring (bicyclic) bond motifs is 7. The molecule has 0 amide bonds. The molecule has 39 heavy (non-hydrogen) atoms. The van der Waals surface area contributed by atoms with Gasteiger partial charge < -0.3 is 4.74 Å². The molecule has 5 aliphatic rings. The van der Waals surface area contributed by atoms with E-state index in [1.54, 1.807) is 6.92 Å². The minimum atomic E-state index is -0.763. The molecule has 3 unspecified atom stereocenters. The van der Waals surface area contributed by atoms with Crippen LogP contribution in [0.2, 0.25) is 0 Å². The normalized spacial score (nSPS) is 51.0. The molecular weight excluding hydrogens is 484 g/mol. The summed E-state index contributed by atoms with van der Waals surface area (Å²) in [5.74, 6) is 1.87. The lowest BCUT2D eigenvalue weighted by molar-refractivity contribution is -0.213. The Morgan fingerprint density at radius 2 is 1.64 bits per heavy atom. The van der Waals surface area contributed by atoms with Crippen LogP contribution in [0.4, 0.5) is 0 Å². The number of ether oxygens (including phenoxy) is 1. The molecule has 4 saturated carbocycles. The van der Waals surface area contributed by atoms with Crippen LogP contribution >= 0.6 is 0 Å². The van der Waals surface area contributed by atoms with Crippen LogP contribution in [0, 0.1) is 56.7 Å². The Balaban J connectivity index is 1.58. The Kier molecular flexibility index (Phi) is 6.91. The standard InChI is InChI=1S/C35H54O4/c1-10-11-28(38)39-27-14-16-32(6)26(35(27,9)23(4)36)13-17-34(8)30(32)25(37)20-24-29-22(3)21(2)12-15-31(29,5)18-19-33(24,34)7/h20-22,26-27,29-30H,10-19H2,1-9H3/t21-,22+,26?,27-,29?,30?,31-,32+,33-,34-,35-/m1/s1. The van der Waals surface area contributed by atoms with Gasteiger partial charge in [-0.1, -0.05) is 54.0 Å². The van der Waals surface area contributed by atoms with Crippen molar-refractivity contribution >= 4 is 17.5 Å². The summed E-state index contributed by atoms with van der Waals surface area (Å²) in [7, 11) is 0. The van der Waals surface area contributed by atoms with E-state index in [9.17, 15) is 14.4 Å². The average Bonchev–Trinajstić information content (AvgIpc) is 2.85. The van der Waals surface area contributed by atoms with E-state index >= 15 is 0 Å². The fourth-order valence-corrected chi connectivity index (χ4v) is 11.4. The number of allylic oxidation sites excluding steroid dienone is 2. The number of carbonyl (C=O) groups is 3. The van der Waals surface area contributed by atoms with Gasteiger partial charge in [-0.15, -0.1) is 0 Å². The lowest BCUT2D eigenvalue weighted by Gasteiger charge is -2.70. The number of rotatable bonds is 4. The molecule has 0 aromatic heterocycles. The molecule has 5 aliphatic carbocycles. The zero-order valence-electron chi connectivity index (χ0n) is 26.2. The third kappa shape index (κ3) is 3.77. The van der Waals surface area contributed by atoms with Gasteiger partial charge in [0.15, 0.2) is 5.78 Å². The zero-order valence-corrected chi connectivity index (χ0v) is 26.2. The molecule has 0 saturated heterocycles. The van der Waals surface area contributed by atoms with Gasteiger partial charge in [0.25, 0.3) is 0 Å². The van der Waals surface area contributed by atoms with Crippen LogP contribution in [0.3, 0.4) is 0 Å². The first-order valence-electron chi connectivity index (χ1n) is 16.1. The Bertz CT molecular complexity index is 1090. The Labute approximate surface area is 237 Å². The van der Waals surface area contributed by atoms with Crippen molar-refractivity contribution in [3.63, 3.8) is 0 Å². The van der Waals surface area contributed by atoms with E-state index in [1.807, 2.05) is 13.8 Å². The number of ketones is 2. The smallest absolute Gasteiger partial charge is 0.306 e. The summed E-state index contributed by atoms with van der Waals surface area (Å²) >= 11 is 0. The molecule has 4 fully saturated rings. The minimum absolute atomic E-state index is 0.00782.